The van der Waals surface area contributed by atoms with Gasteiger partial charge in [0.15, 0.2) is 0 Å². The number of rotatable bonds is 5. The summed E-state index contributed by atoms with van der Waals surface area (Å²) in [4.78, 5) is 8.23. The third kappa shape index (κ3) is 4.27. The molecule has 1 unspecified atom stereocenters. The average molecular weight is 233 g/mol. The number of anilines is 2. The van der Waals surface area contributed by atoms with E-state index < -0.39 is 5.54 Å². The molecule has 0 aliphatic heterocycles. The Bertz CT molecular complexity index is 408. The Morgan fingerprint density at radius 2 is 2.06 bits per heavy atom. The first kappa shape index (κ1) is 13.2. The van der Waals surface area contributed by atoms with Gasteiger partial charge in [-0.15, -0.1) is 0 Å². The summed E-state index contributed by atoms with van der Waals surface area (Å²) in [5.74, 6) is 1.42. The van der Waals surface area contributed by atoms with Gasteiger partial charge in [0.05, 0.1) is 6.07 Å². The molecule has 0 saturated carbocycles. The van der Waals surface area contributed by atoms with Crippen LogP contribution < -0.4 is 10.6 Å². The van der Waals surface area contributed by atoms with Crippen LogP contribution in [-0.4, -0.2) is 21.5 Å². The molecule has 92 valence electrons. The fraction of sp³-hybridized carbons (Fsp3) is 0.583. The maximum Gasteiger partial charge on any atom is 0.132 e. The zero-order valence-electron chi connectivity index (χ0n) is 10.8. The van der Waals surface area contributed by atoms with Crippen LogP contribution in [-0.2, 0) is 0 Å². The molecule has 0 aromatic carbocycles. The minimum atomic E-state index is -0.637. The van der Waals surface area contributed by atoms with Crippen molar-refractivity contribution in [3.63, 3.8) is 0 Å². The Morgan fingerprint density at radius 3 is 2.65 bits per heavy atom. The van der Waals surface area contributed by atoms with Gasteiger partial charge in [0.25, 0.3) is 0 Å². The Labute approximate surface area is 102 Å². The van der Waals surface area contributed by atoms with Crippen LogP contribution in [0.3, 0.4) is 0 Å². The Kier molecular flexibility index (Phi) is 4.27. The second-order valence-electron chi connectivity index (χ2n) is 4.60. The van der Waals surface area contributed by atoms with E-state index in [9.17, 15) is 0 Å². The van der Waals surface area contributed by atoms with Crippen molar-refractivity contribution in [3.8, 4) is 6.07 Å². The van der Waals surface area contributed by atoms with Crippen LogP contribution in [0, 0.1) is 11.3 Å². The molecular formula is C12H19N5. The van der Waals surface area contributed by atoms with E-state index in [4.69, 9.17) is 5.26 Å². The lowest BCUT2D eigenvalue weighted by Crippen LogP contribution is -2.29. The first-order valence-electron chi connectivity index (χ1n) is 5.75. The highest BCUT2D eigenvalue weighted by Crippen LogP contribution is 2.15. The number of aromatic nitrogens is 2. The molecule has 0 amide bonds. The predicted molar refractivity (Wildman–Crippen MR) is 68.7 cm³/mol. The molecule has 0 fully saturated rings. The van der Waals surface area contributed by atoms with Crippen molar-refractivity contribution in [3.05, 3.63) is 12.4 Å². The summed E-state index contributed by atoms with van der Waals surface area (Å²) < 4.78 is 0. The first-order chi connectivity index (χ1) is 7.96. The van der Waals surface area contributed by atoms with Crippen molar-refractivity contribution in [1.82, 2.24) is 9.97 Å². The topological polar surface area (TPSA) is 73.6 Å². The van der Waals surface area contributed by atoms with Crippen LogP contribution in [0.2, 0.25) is 0 Å². The van der Waals surface area contributed by atoms with E-state index in [2.05, 4.69) is 40.5 Å². The van der Waals surface area contributed by atoms with E-state index in [-0.39, 0.29) is 0 Å². The smallest absolute Gasteiger partial charge is 0.132 e. The van der Waals surface area contributed by atoms with Gasteiger partial charge in [-0.05, 0) is 27.2 Å². The molecule has 1 aromatic rings. The zero-order valence-corrected chi connectivity index (χ0v) is 10.8. The zero-order chi connectivity index (χ0) is 12.9. The van der Waals surface area contributed by atoms with E-state index >= 15 is 0 Å². The van der Waals surface area contributed by atoms with Gasteiger partial charge < -0.3 is 10.6 Å². The summed E-state index contributed by atoms with van der Waals surface area (Å²) in [7, 11) is 0. The largest absolute Gasteiger partial charge is 0.367 e. The van der Waals surface area contributed by atoms with Gasteiger partial charge in [-0.2, -0.15) is 5.26 Å². The third-order valence-electron chi connectivity index (χ3n) is 2.39. The van der Waals surface area contributed by atoms with E-state index in [1.807, 2.05) is 6.07 Å². The van der Waals surface area contributed by atoms with Gasteiger partial charge in [0.1, 0.15) is 23.5 Å². The minimum Gasteiger partial charge on any atom is -0.367 e. The van der Waals surface area contributed by atoms with Crippen molar-refractivity contribution in [2.24, 2.45) is 0 Å². The monoisotopic (exact) mass is 233 g/mol. The van der Waals surface area contributed by atoms with Crippen molar-refractivity contribution < 1.29 is 0 Å². The molecule has 0 aliphatic carbocycles. The van der Waals surface area contributed by atoms with Crippen LogP contribution >= 0.6 is 0 Å². The number of nitrogens with zero attached hydrogens (tertiary/aromatic N) is 3. The fourth-order valence-corrected chi connectivity index (χ4v) is 1.21. The molecule has 1 heterocycles. The Hall–Kier alpha value is -1.83. The maximum atomic E-state index is 8.94. The molecule has 1 aromatic heterocycles. The van der Waals surface area contributed by atoms with E-state index in [1.165, 1.54) is 6.33 Å². The Morgan fingerprint density at radius 1 is 1.41 bits per heavy atom. The summed E-state index contributed by atoms with van der Waals surface area (Å²) >= 11 is 0. The lowest BCUT2D eigenvalue weighted by Gasteiger charge is -2.19. The van der Waals surface area contributed by atoms with E-state index in [0.29, 0.717) is 11.9 Å². The lowest BCUT2D eigenvalue weighted by molar-refractivity contribution is 0.721. The van der Waals surface area contributed by atoms with Gasteiger partial charge in [-0.1, -0.05) is 6.92 Å². The summed E-state index contributed by atoms with van der Waals surface area (Å²) in [5, 5.41) is 15.2. The highest BCUT2D eigenvalue weighted by Gasteiger charge is 2.16. The fourth-order valence-electron chi connectivity index (χ4n) is 1.21. The van der Waals surface area contributed by atoms with Crippen LogP contribution in [0.1, 0.15) is 34.1 Å². The van der Waals surface area contributed by atoms with E-state index in [0.717, 1.165) is 12.2 Å². The molecule has 1 atom stereocenters. The summed E-state index contributed by atoms with van der Waals surface area (Å²) in [6.45, 7) is 7.80. The molecule has 1 rings (SSSR count). The quantitative estimate of drug-likeness (QED) is 0.817. The number of nitriles is 1. The highest BCUT2D eigenvalue weighted by molar-refractivity contribution is 5.49. The summed E-state index contributed by atoms with van der Waals surface area (Å²) in [6, 6.07) is 4.34. The number of hydrogen-bond donors (Lipinski definition) is 2. The third-order valence-corrected chi connectivity index (χ3v) is 2.39. The number of hydrogen-bond acceptors (Lipinski definition) is 5. The summed E-state index contributed by atoms with van der Waals surface area (Å²) in [5.41, 5.74) is -0.637. The maximum absolute atomic E-state index is 8.94. The molecule has 0 saturated heterocycles. The van der Waals surface area contributed by atoms with Crippen molar-refractivity contribution in [1.29, 1.82) is 5.26 Å². The normalized spacial score (nSPS) is 12.6. The molecule has 5 nitrogen and oxygen atoms in total. The van der Waals surface area contributed by atoms with Crippen LogP contribution in [0.15, 0.2) is 12.4 Å². The molecule has 0 radical (unpaired) electrons. The minimum absolute atomic E-state index is 0.363. The standard InChI is InChI=1S/C12H19N5/c1-5-9(2)16-10-6-11(15-8-14-10)17-12(3,4)7-13/h6,8-9H,5H2,1-4H3,(H2,14,15,16,17). The van der Waals surface area contributed by atoms with Gasteiger partial charge in [0, 0.05) is 12.1 Å². The average Bonchev–Trinajstić information content (AvgIpc) is 2.29. The molecule has 0 bridgehead atoms. The van der Waals surface area contributed by atoms with Crippen molar-refractivity contribution >= 4 is 11.6 Å². The van der Waals surface area contributed by atoms with Gasteiger partial charge >= 0.3 is 0 Å². The molecule has 0 spiro atoms. The first-order valence-corrected chi connectivity index (χ1v) is 5.75. The highest BCUT2D eigenvalue weighted by atomic mass is 15.1. The van der Waals surface area contributed by atoms with Gasteiger partial charge in [-0.3, -0.25) is 0 Å². The van der Waals surface area contributed by atoms with Gasteiger partial charge in [0.2, 0.25) is 0 Å². The lowest BCUT2D eigenvalue weighted by atomic mass is 10.1. The second-order valence-corrected chi connectivity index (χ2v) is 4.60. The van der Waals surface area contributed by atoms with E-state index in [1.54, 1.807) is 13.8 Å². The molecule has 2 N–H and O–H groups in total. The van der Waals surface area contributed by atoms with Crippen LogP contribution in [0.5, 0.6) is 0 Å². The van der Waals surface area contributed by atoms with Crippen molar-refractivity contribution in [2.75, 3.05) is 10.6 Å². The predicted octanol–water partition coefficient (Wildman–Crippen LogP) is 2.40. The van der Waals surface area contributed by atoms with Crippen LogP contribution in [0.25, 0.3) is 0 Å². The molecule has 17 heavy (non-hydrogen) atoms. The van der Waals surface area contributed by atoms with Crippen molar-refractivity contribution in [2.45, 2.75) is 45.7 Å². The van der Waals surface area contributed by atoms with Gasteiger partial charge in [-0.25, -0.2) is 9.97 Å². The molecule has 0 aliphatic rings. The van der Waals surface area contributed by atoms with Crippen LogP contribution in [0.4, 0.5) is 11.6 Å². The second kappa shape index (κ2) is 5.48. The number of nitrogens with one attached hydrogen (secondary N) is 2. The molecule has 5 heteroatoms. The SMILES string of the molecule is CCC(C)Nc1cc(NC(C)(C)C#N)ncn1. The summed E-state index contributed by atoms with van der Waals surface area (Å²) in [6.07, 6.45) is 2.51. The molecular weight excluding hydrogens is 214 g/mol. The Balaban J connectivity index is 2.76.